The van der Waals surface area contributed by atoms with Crippen molar-refractivity contribution in [2.24, 2.45) is 7.05 Å². The third-order valence-electron chi connectivity index (χ3n) is 5.24. The zero-order valence-electron chi connectivity index (χ0n) is 17.2. The smallest absolute Gasteiger partial charge is 0.227 e. The highest BCUT2D eigenvalue weighted by atomic mass is 15.3. The van der Waals surface area contributed by atoms with Gasteiger partial charge in [-0.15, -0.1) is 0 Å². The molecule has 148 valence electrons. The van der Waals surface area contributed by atoms with E-state index in [1.54, 1.807) is 6.33 Å². The van der Waals surface area contributed by atoms with Crippen LogP contribution in [0.3, 0.4) is 0 Å². The fraction of sp³-hybridized carbons (Fsp3) is 0.684. The molecule has 0 amide bonds. The van der Waals surface area contributed by atoms with Crippen molar-refractivity contribution >= 4 is 11.8 Å². The summed E-state index contributed by atoms with van der Waals surface area (Å²) in [5.41, 5.74) is 1.09. The second-order valence-corrected chi connectivity index (χ2v) is 7.40. The van der Waals surface area contributed by atoms with E-state index in [-0.39, 0.29) is 6.04 Å². The van der Waals surface area contributed by atoms with Crippen molar-refractivity contribution in [3.05, 3.63) is 23.9 Å². The molecule has 3 rings (SSSR count). The van der Waals surface area contributed by atoms with Gasteiger partial charge in [-0.25, -0.2) is 9.97 Å². The minimum atomic E-state index is 0.250. The Bertz CT molecular complexity index is 733. The molecule has 1 aliphatic rings. The Morgan fingerprint density at radius 2 is 1.96 bits per heavy atom. The van der Waals surface area contributed by atoms with Gasteiger partial charge in [0.1, 0.15) is 18.0 Å². The molecule has 0 aromatic carbocycles. The lowest BCUT2D eigenvalue weighted by Crippen LogP contribution is -2.44. The van der Waals surface area contributed by atoms with Crippen LogP contribution in [-0.2, 0) is 13.5 Å². The van der Waals surface area contributed by atoms with Crippen molar-refractivity contribution < 1.29 is 0 Å². The SMILES string of the molecule is CCc1cc(N2CCC(N[C@@H](CC)c3ncnn3C)CC2)nc(N(C)C)n1. The fourth-order valence-corrected chi connectivity index (χ4v) is 3.57. The van der Waals surface area contributed by atoms with Crippen molar-refractivity contribution in [3.63, 3.8) is 0 Å². The van der Waals surface area contributed by atoms with E-state index in [1.165, 1.54) is 0 Å². The van der Waals surface area contributed by atoms with E-state index < -0.39 is 0 Å². The second kappa shape index (κ2) is 8.65. The molecule has 0 unspecified atom stereocenters. The molecule has 1 aliphatic heterocycles. The highest BCUT2D eigenvalue weighted by molar-refractivity contribution is 5.46. The first-order valence-electron chi connectivity index (χ1n) is 9.92. The maximum absolute atomic E-state index is 4.76. The van der Waals surface area contributed by atoms with E-state index in [4.69, 9.17) is 4.98 Å². The molecular formula is C19H32N8. The molecule has 2 aromatic rings. The number of hydrogen-bond acceptors (Lipinski definition) is 7. The second-order valence-electron chi connectivity index (χ2n) is 7.40. The molecular weight excluding hydrogens is 340 g/mol. The first kappa shape index (κ1) is 19.5. The van der Waals surface area contributed by atoms with Gasteiger partial charge in [-0.05, 0) is 25.7 Å². The number of nitrogens with zero attached hydrogens (tertiary/aromatic N) is 7. The molecule has 1 fully saturated rings. The summed E-state index contributed by atoms with van der Waals surface area (Å²) in [7, 11) is 5.94. The average molecular weight is 373 g/mol. The molecule has 8 heteroatoms. The summed E-state index contributed by atoms with van der Waals surface area (Å²) in [6.07, 6.45) is 5.74. The van der Waals surface area contributed by atoms with Crippen molar-refractivity contribution in [2.75, 3.05) is 37.0 Å². The van der Waals surface area contributed by atoms with Crippen LogP contribution in [0.25, 0.3) is 0 Å². The zero-order chi connectivity index (χ0) is 19.4. The van der Waals surface area contributed by atoms with Crippen LogP contribution in [0.5, 0.6) is 0 Å². The van der Waals surface area contributed by atoms with Gasteiger partial charge in [0, 0.05) is 52.0 Å². The molecule has 0 aliphatic carbocycles. The van der Waals surface area contributed by atoms with Gasteiger partial charge in [-0.1, -0.05) is 13.8 Å². The first-order chi connectivity index (χ1) is 13.0. The molecule has 0 bridgehead atoms. The standard InChI is InChI=1S/C19H32N8/c1-6-14-12-17(24-19(23-14)25(3)4)27-10-8-15(9-11-27)22-16(7-2)18-20-13-21-26(18)5/h12-13,15-16,22H,6-11H2,1-5H3/t16-/m0/s1. The lowest BCUT2D eigenvalue weighted by Gasteiger charge is -2.35. The Balaban J connectivity index is 1.63. The summed E-state index contributed by atoms with van der Waals surface area (Å²) in [6.45, 7) is 6.33. The van der Waals surface area contributed by atoms with Crippen LogP contribution < -0.4 is 15.1 Å². The van der Waals surface area contributed by atoms with Crippen LogP contribution >= 0.6 is 0 Å². The largest absolute Gasteiger partial charge is 0.356 e. The van der Waals surface area contributed by atoms with Crippen LogP contribution in [0.15, 0.2) is 12.4 Å². The summed E-state index contributed by atoms with van der Waals surface area (Å²) < 4.78 is 1.87. The summed E-state index contributed by atoms with van der Waals surface area (Å²) in [5.74, 6) is 2.85. The van der Waals surface area contributed by atoms with Crippen molar-refractivity contribution in [2.45, 2.75) is 51.6 Å². The van der Waals surface area contributed by atoms with E-state index in [0.29, 0.717) is 6.04 Å². The lowest BCUT2D eigenvalue weighted by atomic mass is 10.0. The summed E-state index contributed by atoms with van der Waals surface area (Å²) in [6, 6.07) is 2.87. The first-order valence-corrected chi connectivity index (χ1v) is 9.92. The van der Waals surface area contributed by atoms with Gasteiger partial charge in [0.05, 0.1) is 6.04 Å². The van der Waals surface area contributed by atoms with E-state index in [1.807, 2.05) is 30.7 Å². The Hall–Kier alpha value is -2.22. The number of rotatable bonds is 7. The summed E-state index contributed by atoms with van der Waals surface area (Å²) in [4.78, 5) is 18.1. The number of aryl methyl sites for hydroxylation is 2. The van der Waals surface area contributed by atoms with Gasteiger partial charge in [0.2, 0.25) is 5.95 Å². The fourth-order valence-electron chi connectivity index (χ4n) is 3.57. The minimum Gasteiger partial charge on any atom is -0.356 e. The predicted octanol–water partition coefficient (Wildman–Crippen LogP) is 1.94. The van der Waals surface area contributed by atoms with Gasteiger partial charge >= 0.3 is 0 Å². The molecule has 1 atom stereocenters. The van der Waals surface area contributed by atoms with Gasteiger partial charge in [-0.2, -0.15) is 10.1 Å². The Morgan fingerprint density at radius 3 is 2.52 bits per heavy atom. The molecule has 27 heavy (non-hydrogen) atoms. The third kappa shape index (κ3) is 4.55. The maximum atomic E-state index is 4.76. The third-order valence-corrected chi connectivity index (χ3v) is 5.24. The topological polar surface area (TPSA) is 75.0 Å². The maximum Gasteiger partial charge on any atom is 0.227 e. The molecule has 0 spiro atoms. The molecule has 2 aromatic heterocycles. The number of piperidine rings is 1. The number of anilines is 2. The zero-order valence-corrected chi connectivity index (χ0v) is 17.2. The highest BCUT2D eigenvalue weighted by Gasteiger charge is 2.25. The number of nitrogens with one attached hydrogen (secondary N) is 1. The van der Waals surface area contributed by atoms with E-state index in [2.05, 4.69) is 45.2 Å². The van der Waals surface area contributed by atoms with Gasteiger partial charge in [0.15, 0.2) is 0 Å². The predicted molar refractivity (Wildman–Crippen MR) is 108 cm³/mol. The lowest BCUT2D eigenvalue weighted by molar-refractivity contribution is 0.349. The van der Waals surface area contributed by atoms with Crippen molar-refractivity contribution in [3.8, 4) is 0 Å². The molecule has 0 saturated carbocycles. The van der Waals surface area contributed by atoms with Crippen LogP contribution in [0.2, 0.25) is 0 Å². The van der Waals surface area contributed by atoms with E-state index in [9.17, 15) is 0 Å². The number of aromatic nitrogens is 5. The van der Waals surface area contributed by atoms with Crippen LogP contribution in [0.1, 0.15) is 50.7 Å². The van der Waals surface area contributed by atoms with Crippen molar-refractivity contribution in [1.29, 1.82) is 0 Å². The molecule has 1 saturated heterocycles. The summed E-state index contributed by atoms with van der Waals surface area (Å²) >= 11 is 0. The normalized spacial score (nSPS) is 16.6. The van der Waals surface area contributed by atoms with Gasteiger partial charge in [0.25, 0.3) is 0 Å². The number of hydrogen-bond donors (Lipinski definition) is 1. The summed E-state index contributed by atoms with van der Waals surface area (Å²) in [5, 5.41) is 7.99. The molecule has 1 N–H and O–H groups in total. The Kier molecular flexibility index (Phi) is 6.26. The molecule has 0 radical (unpaired) electrons. The monoisotopic (exact) mass is 372 g/mol. The van der Waals surface area contributed by atoms with Crippen LogP contribution in [0, 0.1) is 0 Å². The molecule has 3 heterocycles. The van der Waals surface area contributed by atoms with Gasteiger partial charge < -0.3 is 15.1 Å². The quantitative estimate of drug-likeness (QED) is 0.796. The van der Waals surface area contributed by atoms with Crippen LogP contribution in [-0.4, -0.2) is 58.0 Å². The Labute approximate surface area is 162 Å². The highest BCUT2D eigenvalue weighted by Crippen LogP contribution is 2.23. The minimum absolute atomic E-state index is 0.250. The van der Waals surface area contributed by atoms with E-state index in [0.717, 1.165) is 62.1 Å². The van der Waals surface area contributed by atoms with E-state index >= 15 is 0 Å². The van der Waals surface area contributed by atoms with Crippen LogP contribution in [0.4, 0.5) is 11.8 Å². The Morgan fingerprint density at radius 1 is 1.22 bits per heavy atom. The van der Waals surface area contributed by atoms with Crippen molar-refractivity contribution in [1.82, 2.24) is 30.0 Å². The van der Waals surface area contributed by atoms with Gasteiger partial charge in [-0.3, -0.25) is 4.68 Å². The molecule has 8 nitrogen and oxygen atoms in total. The average Bonchev–Trinajstić information content (AvgIpc) is 3.11.